The van der Waals surface area contributed by atoms with Crippen LogP contribution in [0, 0.1) is 0 Å². The number of anilines is 1. The quantitative estimate of drug-likeness (QED) is 0.754. The van der Waals surface area contributed by atoms with Gasteiger partial charge in [-0.2, -0.15) is 0 Å². The Morgan fingerprint density at radius 3 is 2.67 bits per heavy atom. The summed E-state index contributed by atoms with van der Waals surface area (Å²) in [6.45, 7) is 8.92. The summed E-state index contributed by atoms with van der Waals surface area (Å²) in [5.41, 5.74) is 8.05. The van der Waals surface area contributed by atoms with E-state index in [4.69, 9.17) is 5.73 Å². The molecule has 1 atom stereocenters. The zero-order chi connectivity index (χ0) is 13.5. The Kier molecular flexibility index (Phi) is 6.72. The lowest BCUT2D eigenvalue weighted by atomic mass is 10.1. The maximum atomic E-state index is 5.94. The number of hydrogen-bond acceptors (Lipinski definition) is 2. The summed E-state index contributed by atoms with van der Waals surface area (Å²) in [6.07, 6.45) is 3.68. The average molecular weight is 313 g/mol. The van der Waals surface area contributed by atoms with Crippen molar-refractivity contribution in [2.24, 2.45) is 0 Å². The van der Waals surface area contributed by atoms with Gasteiger partial charge in [0.25, 0.3) is 0 Å². The Morgan fingerprint density at radius 2 is 2.06 bits per heavy atom. The van der Waals surface area contributed by atoms with Gasteiger partial charge in [0.1, 0.15) is 0 Å². The second kappa shape index (κ2) is 7.80. The Morgan fingerprint density at radius 1 is 1.33 bits per heavy atom. The summed E-state index contributed by atoms with van der Waals surface area (Å²) < 4.78 is 1.05. The number of benzene rings is 1. The van der Waals surface area contributed by atoms with Crippen molar-refractivity contribution in [3.63, 3.8) is 0 Å². The van der Waals surface area contributed by atoms with Gasteiger partial charge in [0.2, 0.25) is 0 Å². The van der Waals surface area contributed by atoms with Gasteiger partial charge < -0.3 is 5.73 Å². The number of halogens is 1. The van der Waals surface area contributed by atoms with Crippen LogP contribution in [0.3, 0.4) is 0 Å². The zero-order valence-electron chi connectivity index (χ0n) is 11.7. The lowest BCUT2D eigenvalue weighted by Gasteiger charge is -2.29. The number of nitrogen functional groups attached to an aromatic ring is 1. The van der Waals surface area contributed by atoms with Gasteiger partial charge in [0, 0.05) is 22.7 Å². The summed E-state index contributed by atoms with van der Waals surface area (Å²) in [5.74, 6) is 0. The molecule has 0 aliphatic heterocycles. The summed E-state index contributed by atoms with van der Waals surface area (Å²) >= 11 is 3.60. The Labute approximate surface area is 120 Å². The molecule has 0 heterocycles. The maximum absolute atomic E-state index is 5.94. The first kappa shape index (κ1) is 15.5. The number of rotatable bonds is 7. The highest BCUT2D eigenvalue weighted by molar-refractivity contribution is 9.10. The molecule has 0 aliphatic rings. The van der Waals surface area contributed by atoms with Gasteiger partial charge in [-0.05, 0) is 53.9 Å². The molecule has 0 bridgehead atoms. The van der Waals surface area contributed by atoms with Gasteiger partial charge in [0.05, 0.1) is 0 Å². The second-order valence-corrected chi connectivity index (χ2v) is 5.69. The SMILES string of the molecule is CCCCN(Cc1cccc(N)c1Br)C(C)CC. The van der Waals surface area contributed by atoms with Crippen molar-refractivity contribution in [1.82, 2.24) is 4.90 Å². The molecule has 2 nitrogen and oxygen atoms in total. The predicted octanol–water partition coefficient (Wildman–Crippen LogP) is 4.43. The van der Waals surface area contributed by atoms with Gasteiger partial charge in [-0.15, -0.1) is 0 Å². The van der Waals surface area contributed by atoms with Crippen LogP contribution in [0.25, 0.3) is 0 Å². The molecular formula is C15H25BrN2. The van der Waals surface area contributed by atoms with Crippen molar-refractivity contribution in [1.29, 1.82) is 0 Å². The fourth-order valence-corrected chi connectivity index (χ4v) is 2.40. The first-order valence-electron chi connectivity index (χ1n) is 6.87. The lowest BCUT2D eigenvalue weighted by Crippen LogP contribution is -2.33. The zero-order valence-corrected chi connectivity index (χ0v) is 13.3. The van der Waals surface area contributed by atoms with Crippen LogP contribution in [-0.2, 0) is 6.54 Å². The first-order chi connectivity index (χ1) is 8.60. The molecule has 0 saturated carbocycles. The molecule has 1 rings (SSSR count). The van der Waals surface area contributed by atoms with E-state index in [1.54, 1.807) is 0 Å². The van der Waals surface area contributed by atoms with Crippen LogP contribution < -0.4 is 5.73 Å². The molecule has 102 valence electrons. The standard InChI is InChI=1S/C15H25BrN2/c1-4-6-10-18(12(3)5-2)11-13-8-7-9-14(17)15(13)16/h7-9,12H,4-6,10-11,17H2,1-3H3. The Bertz CT molecular complexity index is 366. The van der Waals surface area contributed by atoms with Gasteiger partial charge in [0.15, 0.2) is 0 Å². The van der Waals surface area contributed by atoms with Crippen molar-refractivity contribution >= 4 is 21.6 Å². The second-order valence-electron chi connectivity index (χ2n) is 4.90. The molecule has 1 aromatic carbocycles. The average Bonchev–Trinajstić information content (AvgIpc) is 2.38. The number of nitrogens with two attached hydrogens (primary N) is 1. The third-order valence-corrected chi connectivity index (χ3v) is 4.46. The third-order valence-electron chi connectivity index (χ3n) is 3.50. The van der Waals surface area contributed by atoms with E-state index >= 15 is 0 Å². The highest BCUT2D eigenvalue weighted by Gasteiger charge is 2.14. The van der Waals surface area contributed by atoms with Gasteiger partial charge in [-0.25, -0.2) is 0 Å². The molecule has 2 N–H and O–H groups in total. The van der Waals surface area contributed by atoms with E-state index in [2.05, 4.69) is 47.7 Å². The predicted molar refractivity (Wildman–Crippen MR) is 83.6 cm³/mol. The molecule has 0 spiro atoms. The molecule has 0 saturated heterocycles. The molecule has 1 unspecified atom stereocenters. The van der Waals surface area contributed by atoms with Crippen LogP contribution in [0.4, 0.5) is 5.69 Å². The van der Waals surface area contributed by atoms with Crippen LogP contribution in [-0.4, -0.2) is 17.5 Å². The lowest BCUT2D eigenvalue weighted by molar-refractivity contribution is 0.192. The van der Waals surface area contributed by atoms with E-state index in [0.29, 0.717) is 6.04 Å². The number of unbranched alkanes of at least 4 members (excludes halogenated alkanes) is 1. The molecular weight excluding hydrogens is 288 g/mol. The Hall–Kier alpha value is -0.540. The molecule has 0 aromatic heterocycles. The summed E-state index contributed by atoms with van der Waals surface area (Å²) in [6, 6.07) is 6.74. The Balaban J connectivity index is 2.78. The van der Waals surface area contributed by atoms with Gasteiger partial charge in [-0.3, -0.25) is 4.90 Å². The highest BCUT2D eigenvalue weighted by Crippen LogP contribution is 2.25. The van der Waals surface area contributed by atoms with E-state index in [0.717, 1.165) is 23.2 Å². The normalized spacial score (nSPS) is 12.9. The van der Waals surface area contributed by atoms with E-state index in [1.807, 2.05) is 12.1 Å². The van der Waals surface area contributed by atoms with Crippen molar-refractivity contribution in [2.75, 3.05) is 12.3 Å². The summed E-state index contributed by atoms with van der Waals surface area (Å²) in [5, 5.41) is 0. The van der Waals surface area contributed by atoms with Crippen LogP contribution in [0.2, 0.25) is 0 Å². The third kappa shape index (κ3) is 4.29. The summed E-state index contributed by atoms with van der Waals surface area (Å²) in [7, 11) is 0. The van der Waals surface area contributed by atoms with Crippen LogP contribution in [0.5, 0.6) is 0 Å². The number of hydrogen-bond donors (Lipinski definition) is 1. The van der Waals surface area contributed by atoms with Crippen molar-refractivity contribution in [3.8, 4) is 0 Å². The van der Waals surface area contributed by atoms with E-state index in [-0.39, 0.29) is 0 Å². The van der Waals surface area contributed by atoms with Crippen molar-refractivity contribution in [2.45, 2.75) is 52.6 Å². The van der Waals surface area contributed by atoms with Crippen molar-refractivity contribution in [3.05, 3.63) is 28.2 Å². The molecule has 0 fully saturated rings. The van der Waals surface area contributed by atoms with Gasteiger partial charge >= 0.3 is 0 Å². The molecule has 3 heteroatoms. The fraction of sp³-hybridized carbons (Fsp3) is 0.600. The smallest absolute Gasteiger partial charge is 0.0461 e. The molecule has 0 aliphatic carbocycles. The molecule has 0 amide bonds. The highest BCUT2D eigenvalue weighted by atomic mass is 79.9. The molecule has 0 radical (unpaired) electrons. The summed E-state index contributed by atoms with van der Waals surface area (Å²) in [4.78, 5) is 2.54. The first-order valence-corrected chi connectivity index (χ1v) is 7.66. The maximum Gasteiger partial charge on any atom is 0.0461 e. The van der Waals surface area contributed by atoms with Crippen LogP contribution in [0.15, 0.2) is 22.7 Å². The fourth-order valence-electron chi connectivity index (χ4n) is 2.02. The van der Waals surface area contributed by atoms with E-state index in [9.17, 15) is 0 Å². The van der Waals surface area contributed by atoms with Gasteiger partial charge in [-0.1, -0.05) is 32.4 Å². The van der Waals surface area contributed by atoms with Crippen LogP contribution >= 0.6 is 15.9 Å². The largest absolute Gasteiger partial charge is 0.398 e. The molecule has 1 aromatic rings. The monoisotopic (exact) mass is 312 g/mol. The molecule has 18 heavy (non-hydrogen) atoms. The minimum atomic E-state index is 0.616. The topological polar surface area (TPSA) is 29.3 Å². The van der Waals surface area contributed by atoms with E-state index < -0.39 is 0 Å². The van der Waals surface area contributed by atoms with E-state index in [1.165, 1.54) is 24.8 Å². The minimum Gasteiger partial charge on any atom is -0.398 e. The minimum absolute atomic E-state index is 0.616. The van der Waals surface area contributed by atoms with Crippen molar-refractivity contribution < 1.29 is 0 Å². The van der Waals surface area contributed by atoms with Crippen LogP contribution in [0.1, 0.15) is 45.6 Å². The number of nitrogens with zero attached hydrogens (tertiary/aromatic N) is 1.